The highest BCUT2D eigenvalue weighted by molar-refractivity contribution is 5.57. The first-order valence-corrected chi connectivity index (χ1v) is 9.91. The van der Waals surface area contributed by atoms with Crippen LogP contribution in [0.5, 0.6) is 5.75 Å². The van der Waals surface area contributed by atoms with Crippen LogP contribution in [0.15, 0.2) is 60.7 Å². The summed E-state index contributed by atoms with van der Waals surface area (Å²) in [5.74, 6) is 0.903. The number of ether oxygens (including phenoxy) is 1. The van der Waals surface area contributed by atoms with Gasteiger partial charge >= 0.3 is 0 Å². The lowest BCUT2D eigenvalue weighted by Crippen LogP contribution is -2.45. The van der Waals surface area contributed by atoms with E-state index in [2.05, 4.69) is 53.5 Å². The summed E-state index contributed by atoms with van der Waals surface area (Å²) in [7, 11) is 1.71. The van der Waals surface area contributed by atoms with E-state index in [4.69, 9.17) is 4.74 Å². The molecule has 0 bridgehead atoms. The molecule has 144 valence electrons. The zero-order valence-electron chi connectivity index (χ0n) is 16.3. The molecule has 1 N–H and O–H groups in total. The van der Waals surface area contributed by atoms with Gasteiger partial charge in [-0.3, -0.25) is 4.90 Å². The summed E-state index contributed by atoms with van der Waals surface area (Å²) in [4.78, 5) is 2.47. The van der Waals surface area contributed by atoms with Gasteiger partial charge in [-0.2, -0.15) is 0 Å². The van der Waals surface area contributed by atoms with Gasteiger partial charge in [0.15, 0.2) is 0 Å². The second kappa shape index (κ2) is 9.72. The average molecular weight is 366 g/mol. The highest BCUT2D eigenvalue weighted by Crippen LogP contribution is 2.34. The number of aryl methyl sites for hydroxylation is 1. The highest BCUT2D eigenvalue weighted by atomic mass is 16.5. The molecule has 0 spiro atoms. The van der Waals surface area contributed by atoms with Gasteiger partial charge in [-0.25, -0.2) is 0 Å². The molecule has 1 atom stereocenters. The molecule has 3 heteroatoms. The van der Waals surface area contributed by atoms with Crippen LogP contribution in [0.25, 0.3) is 6.08 Å². The van der Waals surface area contributed by atoms with E-state index in [1.54, 1.807) is 7.11 Å². The number of para-hydroxylation sites is 1. The van der Waals surface area contributed by atoms with Crippen LogP contribution in [0.4, 0.5) is 0 Å². The zero-order valence-corrected chi connectivity index (χ0v) is 16.3. The molecule has 0 aromatic heterocycles. The fraction of sp³-hybridized carbons (Fsp3) is 0.417. The Morgan fingerprint density at radius 3 is 2.67 bits per heavy atom. The summed E-state index contributed by atoms with van der Waals surface area (Å²) in [6, 6.07) is 18.7. The van der Waals surface area contributed by atoms with Crippen molar-refractivity contribution in [2.75, 3.05) is 33.4 Å². The predicted octanol–water partition coefficient (Wildman–Crippen LogP) is 4.42. The van der Waals surface area contributed by atoms with Crippen molar-refractivity contribution in [3.05, 3.63) is 71.8 Å². The Morgan fingerprint density at radius 1 is 1.11 bits per heavy atom. The third-order valence-corrected chi connectivity index (χ3v) is 5.66. The van der Waals surface area contributed by atoms with Crippen molar-refractivity contribution in [1.29, 1.82) is 0 Å². The summed E-state index contributed by atoms with van der Waals surface area (Å²) in [5, 5.41) is 10.1. The topological polar surface area (TPSA) is 32.7 Å². The molecule has 1 aliphatic rings. The summed E-state index contributed by atoms with van der Waals surface area (Å²) < 4.78 is 5.41. The van der Waals surface area contributed by atoms with Crippen LogP contribution in [-0.4, -0.2) is 43.4 Å². The number of hydrogen-bond acceptors (Lipinski definition) is 3. The lowest BCUT2D eigenvalue weighted by molar-refractivity contribution is 0.0308. The van der Waals surface area contributed by atoms with E-state index in [-0.39, 0.29) is 12.0 Å². The van der Waals surface area contributed by atoms with Gasteiger partial charge in [0.25, 0.3) is 0 Å². The van der Waals surface area contributed by atoms with E-state index < -0.39 is 0 Å². The Balaban J connectivity index is 1.58. The van der Waals surface area contributed by atoms with E-state index in [9.17, 15) is 5.11 Å². The van der Waals surface area contributed by atoms with Crippen molar-refractivity contribution in [2.45, 2.75) is 25.7 Å². The van der Waals surface area contributed by atoms with E-state index in [1.807, 2.05) is 18.2 Å². The van der Waals surface area contributed by atoms with Crippen LogP contribution in [0.3, 0.4) is 0 Å². The van der Waals surface area contributed by atoms with Gasteiger partial charge in [0.2, 0.25) is 0 Å². The minimum atomic E-state index is 0.0202. The number of aliphatic hydroxyl groups excluding tert-OH is 1. The van der Waals surface area contributed by atoms with Gasteiger partial charge in [-0.15, -0.1) is 0 Å². The molecule has 27 heavy (non-hydrogen) atoms. The standard InChI is InChI=1S/C24H31NO2/c1-27-23-13-6-5-11-22(23)12-7-17-25-18-8-15-24(19-25,20-26)16-14-21-9-3-2-4-10-21/h2-7,9-13,26H,8,14-20H2,1H3/b12-7+/t24-/m0/s1. The quantitative estimate of drug-likeness (QED) is 0.752. The normalized spacial score (nSPS) is 20.8. The Kier molecular flexibility index (Phi) is 7.08. The van der Waals surface area contributed by atoms with Crippen LogP contribution < -0.4 is 4.74 Å². The van der Waals surface area contributed by atoms with E-state index in [0.29, 0.717) is 0 Å². The van der Waals surface area contributed by atoms with Crippen LogP contribution in [-0.2, 0) is 6.42 Å². The molecule has 1 fully saturated rings. The first-order chi connectivity index (χ1) is 13.2. The molecule has 3 rings (SSSR count). The molecule has 0 amide bonds. The van der Waals surface area contributed by atoms with E-state index in [1.165, 1.54) is 5.56 Å². The van der Waals surface area contributed by atoms with Gasteiger partial charge in [0.05, 0.1) is 7.11 Å². The van der Waals surface area contributed by atoms with E-state index >= 15 is 0 Å². The van der Waals surface area contributed by atoms with Gasteiger partial charge in [-0.05, 0) is 43.9 Å². The first kappa shape index (κ1) is 19.7. The molecule has 3 nitrogen and oxygen atoms in total. The first-order valence-electron chi connectivity index (χ1n) is 9.91. The van der Waals surface area contributed by atoms with Crippen LogP contribution in [0, 0.1) is 5.41 Å². The minimum Gasteiger partial charge on any atom is -0.496 e. The molecule has 2 aromatic carbocycles. The largest absolute Gasteiger partial charge is 0.496 e. The molecule has 0 aliphatic carbocycles. The highest BCUT2D eigenvalue weighted by Gasteiger charge is 2.34. The maximum Gasteiger partial charge on any atom is 0.126 e. The molecule has 0 saturated carbocycles. The van der Waals surface area contributed by atoms with Crippen molar-refractivity contribution in [3.63, 3.8) is 0 Å². The fourth-order valence-electron chi connectivity index (χ4n) is 4.07. The second-order valence-corrected chi connectivity index (χ2v) is 7.63. The predicted molar refractivity (Wildman–Crippen MR) is 112 cm³/mol. The van der Waals surface area contributed by atoms with Gasteiger partial charge < -0.3 is 9.84 Å². The summed E-state index contributed by atoms with van der Waals surface area (Å²) >= 11 is 0. The molecule has 1 aliphatic heterocycles. The van der Waals surface area contributed by atoms with Gasteiger partial charge in [0, 0.05) is 30.7 Å². The number of aliphatic hydroxyl groups is 1. The number of piperidine rings is 1. The van der Waals surface area contributed by atoms with Crippen molar-refractivity contribution >= 4 is 6.08 Å². The number of nitrogens with zero attached hydrogens (tertiary/aromatic N) is 1. The average Bonchev–Trinajstić information content (AvgIpc) is 2.74. The monoisotopic (exact) mass is 365 g/mol. The molecule has 0 radical (unpaired) electrons. The van der Waals surface area contributed by atoms with Crippen molar-refractivity contribution in [2.24, 2.45) is 5.41 Å². The van der Waals surface area contributed by atoms with Crippen molar-refractivity contribution in [1.82, 2.24) is 4.90 Å². The number of likely N-dealkylation sites (tertiary alicyclic amines) is 1. The lowest BCUT2D eigenvalue weighted by Gasteiger charge is -2.41. The Bertz CT molecular complexity index is 728. The van der Waals surface area contributed by atoms with Crippen LogP contribution >= 0.6 is 0 Å². The zero-order chi connectivity index (χ0) is 19.0. The summed E-state index contributed by atoms with van der Waals surface area (Å²) in [5.41, 5.74) is 2.49. The van der Waals surface area contributed by atoms with Crippen LogP contribution in [0.2, 0.25) is 0 Å². The summed E-state index contributed by atoms with van der Waals surface area (Å²) in [6.07, 6.45) is 8.69. The summed E-state index contributed by atoms with van der Waals surface area (Å²) in [6.45, 7) is 3.24. The Morgan fingerprint density at radius 2 is 1.89 bits per heavy atom. The number of rotatable bonds is 8. The van der Waals surface area contributed by atoms with Gasteiger partial charge in [0.1, 0.15) is 5.75 Å². The van der Waals surface area contributed by atoms with Crippen LogP contribution in [0.1, 0.15) is 30.4 Å². The SMILES string of the molecule is COc1ccccc1/C=C/CN1CCC[C@](CO)(CCc2ccccc2)C1. The molecule has 0 unspecified atom stereocenters. The van der Waals surface area contributed by atoms with E-state index in [0.717, 1.165) is 56.6 Å². The Labute approximate surface area is 163 Å². The molecule has 1 saturated heterocycles. The fourth-order valence-corrected chi connectivity index (χ4v) is 4.07. The van der Waals surface area contributed by atoms with Gasteiger partial charge in [-0.1, -0.05) is 60.7 Å². The maximum atomic E-state index is 10.1. The van der Waals surface area contributed by atoms with Crippen molar-refractivity contribution < 1.29 is 9.84 Å². The molecular weight excluding hydrogens is 334 g/mol. The smallest absolute Gasteiger partial charge is 0.126 e. The lowest BCUT2D eigenvalue weighted by atomic mass is 9.76. The molecular formula is C24H31NO2. The number of hydrogen-bond donors (Lipinski definition) is 1. The van der Waals surface area contributed by atoms with Crippen molar-refractivity contribution in [3.8, 4) is 5.75 Å². The molecule has 1 heterocycles. The molecule has 2 aromatic rings. The minimum absolute atomic E-state index is 0.0202. The maximum absolute atomic E-state index is 10.1. The third-order valence-electron chi connectivity index (χ3n) is 5.66. The number of benzene rings is 2. The Hall–Kier alpha value is -2.10. The third kappa shape index (κ3) is 5.44. The number of methoxy groups -OCH3 is 1. The second-order valence-electron chi connectivity index (χ2n) is 7.63.